The molecule has 2 heterocycles. The predicted molar refractivity (Wildman–Crippen MR) is 37.3 cm³/mol. The molecule has 2 aliphatic heterocycles. The van der Waals surface area contributed by atoms with Crippen molar-refractivity contribution in [3.63, 3.8) is 0 Å². The van der Waals surface area contributed by atoms with Gasteiger partial charge in [-0.2, -0.15) is 0 Å². The molecule has 0 radical (unpaired) electrons. The molecule has 10 heavy (non-hydrogen) atoms. The summed E-state index contributed by atoms with van der Waals surface area (Å²) in [5.74, 6) is 0.169. The number of amides is 1. The maximum Gasteiger partial charge on any atom is 0.239 e. The first-order valence-corrected chi connectivity index (χ1v) is 3.85. The van der Waals surface area contributed by atoms with Gasteiger partial charge in [0.15, 0.2) is 0 Å². The average molecular weight is 140 g/mol. The average Bonchev–Trinajstić information content (AvgIpc) is 2.41. The molecule has 3 nitrogen and oxygen atoms in total. The molecule has 2 saturated heterocycles. The van der Waals surface area contributed by atoms with E-state index in [4.69, 9.17) is 5.73 Å². The summed E-state index contributed by atoms with van der Waals surface area (Å²) in [6.07, 6.45) is 3.22. The molecule has 0 unspecified atom stereocenters. The van der Waals surface area contributed by atoms with Gasteiger partial charge in [-0.15, -0.1) is 0 Å². The Morgan fingerprint density at radius 2 is 2.40 bits per heavy atom. The van der Waals surface area contributed by atoms with Crippen LogP contribution in [0.3, 0.4) is 0 Å². The summed E-state index contributed by atoms with van der Waals surface area (Å²) in [4.78, 5) is 13.1. The lowest BCUT2D eigenvalue weighted by atomic mass is 10.1. The minimum Gasteiger partial charge on any atom is -0.338 e. The smallest absolute Gasteiger partial charge is 0.239 e. The van der Waals surface area contributed by atoms with Crippen LogP contribution < -0.4 is 5.73 Å². The maximum atomic E-state index is 11.2. The van der Waals surface area contributed by atoms with Crippen molar-refractivity contribution in [2.45, 2.75) is 31.3 Å². The number of nitrogens with two attached hydrogens (primary N) is 1. The zero-order valence-electron chi connectivity index (χ0n) is 5.92. The minimum atomic E-state index is -0.190. The third-order valence-electron chi connectivity index (χ3n) is 2.50. The summed E-state index contributed by atoms with van der Waals surface area (Å²) in [7, 11) is 0. The van der Waals surface area contributed by atoms with E-state index < -0.39 is 0 Å². The van der Waals surface area contributed by atoms with Gasteiger partial charge in [0.2, 0.25) is 5.91 Å². The van der Waals surface area contributed by atoms with Crippen LogP contribution in [-0.4, -0.2) is 29.4 Å². The van der Waals surface area contributed by atoms with Crippen molar-refractivity contribution in [3.8, 4) is 0 Å². The lowest BCUT2D eigenvalue weighted by Crippen LogP contribution is -2.33. The number of nitrogens with zero attached hydrogens (tertiary/aromatic N) is 1. The SMILES string of the molecule is N[C@@H]1C[C@@H]2CCCN2C1=O. The van der Waals surface area contributed by atoms with Crippen LogP contribution in [0.25, 0.3) is 0 Å². The summed E-state index contributed by atoms with van der Waals surface area (Å²) in [6.45, 7) is 0.942. The van der Waals surface area contributed by atoms with Crippen LogP contribution in [0.1, 0.15) is 19.3 Å². The topological polar surface area (TPSA) is 46.3 Å². The van der Waals surface area contributed by atoms with Crippen LogP contribution in [0.5, 0.6) is 0 Å². The molecule has 56 valence electrons. The lowest BCUT2D eigenvalue weighted by Gasteiger charge is -2.13. The molecule has 1 amide bonds. The molecule has 0 bridgehead atoms. The molecular formula is C7H12N2O. The zero-order chi connectivity index (χ0) is 7.14. The molecule has 2 atom stereocenters. The summed E-state index contributed by atoms with van der Waals surface area (Å²) in [6, 6.07) is 0.299. The van der Waals surface area contributed by atoms with E-state index in [1.807, 2.05) is 4.90 Å². The van der Waals surface area contributed by atoms with Crippen molar-refractivity contribution in [1.29, 1.82) is 0 Å². The molecule has 0 aliphatic carbocycles. The standard InChI is InChI=1S/C7H12N2O/c8-6-4-5-2-1-3-9(5)7(6)10/h5-6H,1-4,8H2/t5-,6+/m0/s1. The molecular weight excluding hydrogens is 128 g/mol. The summed E-state index contributed by atoms with van der Waals surface area (Å²) < 4.78 is 0. The Morgan fingerprint density at radius 3 is 3.10 bits per heavy atom. The first kappa shape index (κ1) is 6.16. The van der Waals surface area contributed by atoms with Gasteiger partial charge in [-0.25, -0.2) is 0 Å². The van der Waals surface area contributed by atoms with E-state index in [2.05, 4.69) is 0 Å². The third-order valence-corrected chi connectivity index (χ3v) is 2.50. The molecule has 2 fully saturated rings. The fraction of sp³-hybridized carbons (Fsp3) is 0.857. The first-order chi connectivity index (χ1) is 4.79. The predicted octanol–water partition coefficient (Wildman–Crippen LogP) is -0.292. The third kappa shape index (κ3) is 0.669. The van der Waals surface area contributed by atoms with Crippen LogP contribution >= 0.6 is 0 Å². The molecule has 0 spiro atoms. The number of fused-ring (bicyclic) bond motifs is 1. The Morgan fingerprint density at radius 1 is 1.60 bits per heavy atom. The van der Waals surface area contributed by atoms with Crippen molar-refractivity contribution < 1.29 is 4.79 Å². The van der Waals surface area contributed by atoms with E-state index in [9.17, 15) is 4.79 Å². The number of hydrogen-bond acceptors (Lipinski definition) is 2. The number of rotatable bonds is 0. The van der Waals surface area contributed by atoms with Crippen LogP contribution in [0.4, 0.5) is 0 Å². The van der Waals surface area contributed by atoms with Gasteiger partial charge in [0.05, 0.1) is 6.04 Å². The van der Waals surface area contributed by atoms with E-state index in [1.165, 1.54) is 12.8 Å². The normalized spacial score (nSPS) is 38.9. The largest absolute Gasteiger partial charge is 0.338 e. The van der Waals surface area contributed by atoms with Gasteiger partial charge < -0.3 is 10.6 Å². The highest BCUT2D eigenvalue weighted by Gasteiger charge is 2.39. The van der Waals surface area contributed by atoms with Gasteiger partial charge in [-0.05, 0) is 19.3 Å². The second kappa shape index (κ2) is 1.95. The fourth-order valence-corrected chi connectivity index (χ4v) is 1.98. The van der Waals surface area contributed by atoms with Crippen molar-refractivity contribution >= 4 is 5.91 Å². The quantitative estimate of drug-likeness (QED) is 0.502. The van der Waals surface area contributed by atoms with Crippen LogP contribution in [0, 0.1) is 0 Å². The van der Waals surface area contributed by atoms with Gasteiger partial charge in [0.1, 0.15) is 0 Å². The monoisotopic (exact) mass is 140 g/mol. The molecule has 2 rings (SSSR count). The molecule has 2 N–H and O–H groups in total. The van der Waals surface area contributed by atoms with Crippen LogP contribution in [0.15, 0.2) is 0 Å². The van der Waals surface area contributed by atoms with Gasteiger partial charge in [-0.1, -0.05) is 0 Å². The Balaban J connectivity index is 2.17. The van der Waals surface area contributed by atoms with Crippen molar-refractivity contribution in [2.75, 3.05) is 6.54 Å². The molecule has 0 saturated carbocycles. The Labute approximate surface area is 60.2 Å². The van der Waals surface area contributed by atoms with Crippen molar-refractivity contribution in [1.82, 2.24) is 4.90 Å². The summed E-state index contributed by atoms with van der Waals surface area (Å²) >= 11 is 0. The molecule has 0 aromatic heterocycles. The minimum absolute atomic E-state index is 0.169. The first-order valence-electron chi connectivity index (χ1n) is 3.85. The van der Waals surface area contributed by atoms with E-state index in [-0.39, 0.29) is 11.9 Å². The molecule has 3 heteroatoms. The number of hydrogen-bond donors (Lipinski definition) is 1. The number of carbonyl (C=O) groups excluding carboxylic acids is 1. The van der Waals surface area contributed by atoms with Crippen molar-refractivity contribution in [3.05, 3.63) is 0 Å². The van der Waals surface area contributed by atoms with E-state index in [0.717, 1.165) is 13.0 Å². The Hall–Kier alpha value is -0.570. The Bertz CT molecular complexity index is 169. The van der Waals surface area contributed by atoms with Gasteiger partial charge in [0.25, 0.3) is 0 Å². The molecule has 0 aromatic rings. The van der Waals surface area contributed by atoms with E-state index >= 15 is 0 Å². The summed E-state index contributed by atoms with van der Waals surface area (Å²) in [5, 5.41) is 0. The number of carbonyl (C=O) groups is 1. The highest BCUT2D eigenvalue weighted by Crippen LogP contribution is 2.27. The highest BCUT2D eigenvalue weighted by atomic mass is 16.2. The lowest BCUT2D eigenvalue weighted by molar-refractivity contribution is -0.128. The Kier molecular flexibility index (Phi) is 1.20. The highest BCUT2D eigenvalue weighted by molar-refractivity contribution is 5.84. The van der Waals surface area contributed by atoms with Crippen LogP contribution in [-0.2, 0) is 4.79 Å². The molecule has 2 aliphatic rings. The van der Waals surface area contributed by atoms with Gasteiger partial charge in [0, 0.05) is 12.6 Å². The van der Waals surface area contributed by atoms with E-state index in [1.54, 1.807) is 0 Å². The van der Waals surface area contributed by atoms with Crippen molar-refractivity contribution in [2.24, 2.45) is 5.73 Å². The van der Waals surface area contributed by atoms with Gasteiger partial charge >= 0.3 is 0 Å². The second-order valence-electron chi connectivity index (χ2n) is 3.17. The molecule has 0 aromatic carbocycles. The summed E-state index contributed by atoms with van der Waals surface area (Å²) in [5.41, 5.74) is 5.58. The second-order valence-corrected chi connectivity index (χ2v) is 3.17. The van der Waals surface area contributed by atoms with E-state index in [0.29, 0.717) is 6.04 Å². The van der Waals surface area contributed by atoms with Gasteiger partial charge in [-0.3, -0.25) is 4.79 Å². The zero-order valence-corrected chi connectivity index (χ0v) is 5.92. The van der Waals surface area contributed by atoms with Crippen LogP contribution in [0.2, 0.25) is 0 Å². The fourth-order valence-electron chi connectivity index (χ4n) is 1.98. The maximum absolute atomic E-state index is 11.2.